The number of nitrogens with zero attached hydrogens (tertiary/aromatic N) is 3. The molecule has 0 radical (unpaired) electrons. The van der Waals surface area contributed by atoms with Crippen molar-refractivity contribution in [2.75, 3.05) is 5.32 Å². The topological polar surface area (TPSA) is 66.5 Å². The van der Waals surface area contributed by atoms with Gasteiger partial charge in [-0.25, -0.2) is 15.0 Å². The van der Waals surface area contributed by atoms with Gasteiger partial charge >= 0.3 is 0 Å². The van der Waals surface area contributed by atoms with Crippen LogP contribution < -0.4 is 5.32 Å². The molecule has 2 aromatic heterocycles. The standard InChI is InChI=1S/C12H17N5/c1-4-10-7-11(17-9(3)16-10)15-8(2)12-13-5-6-14-12/h5-8H,4H2,1-3H3,(H,13,14)(H,15,16,17). The minimum Gasteiger partial charge on any atom is -0.360 e. The van der Waals surface area contributed by atoms with Crippen molar-refractivity contribution in [3.05, 3.63) is 35.8 Å². The van der Waals surface area contributed by atoms with Crippen LogP contribution in [-0.2, 0) is 6.42 Å². The highest BCUT2D eigenvalue weighted by atomic mass is 15.1. The zero-order valence-electron chi connectivity index (χ0n) is 10.4. The van der Waals surface area contributed by atoms with E-state index >= 15 is 0 Å². The van der Waals surface area contributed by atoms with Gasteiger partial charge in [-0.1, -0.05) is 6.92 Å². The lowest BCUT2D eigenvalue weighted by Crippen LogP contribution is -2.11. The Morgan fingerprint density at radius 2 is 2.24 bits per heavy atom. The lowest BCUT2D eigenvalue weighted by molar-refractivity contribution is 0.797. The first-order valence-corrected chi connectivity index (χ1v) is 5.79. The molecule has 0 aromatic carbocycles. The molecule has 0 amide bonds. The fourth-order valence-electron chi connectivity index (χ4n) is 1.69. The predicted molar refractivity (Wildman–Crippen MR) is 66.8 cm³/mol. The SMILES string of the molecule is CCc1cc(NC(C)c2ncc[nH]2)nc(C)n1. The molecule has 0 bridgehead atoms. The van der Waals surface area contributed by atoms with E-state index in [-0.39, 0.29) is 6.04 Å². The fraction of sp³-hybridized carbons (Fsp3) is 0.417. The van der Waals surface area contributed by atoms with Crippen molar-refractivity contribution in [2.24, 2.45) is 0 Å². The summed E-state index contributed by atoms with van der Waals surface area (Å²) >= 11 is 0. The number of imidazole rings is 1. The van der Waals surface area contributed by atoms with Gasteiger partial charge in [-0.2, -0.15) is 0 Å². The highest BCUT2D eigenvalue weighted by Crippen LogP contribution is 2.15. The molecule has 0 fully saturated rings. The average molecular weight is 231 g/mol. The minimum absolute atomic E-state index is 0.101. The second kappa shape index (κ2) is 4.95. The van der Waals surface area contributed by atoms with Crippen LogP contribution in [0.25, 0.3) is 0 Å². The average Bonchev–Trinajstić information content (AvgIpc) is 2.81. The van der Waals surface area contributed by atoms with Crippen LogP contribution in [0.5, 0.6) is 0 Å². The maximum Gasteiger partial charge on any atom is 0.130 e. The second-order valence-electron chi connectivity index (χ2n) is 3.99. The van der Waals surface area contributed by atoms with Crippen LogP contribution in [0, 0.1) is 6.92 Å². The summed E-state index contributed by atoms with van der Waals surface area (Å²) in [6.45, 7) is 6.03. The third-order valence-electron chi connectivity index (χ3n) is 2.55. The Morgan fingerprint density at radius 1 is 1.41 bits per heavy atom. The number of aromatic nitrogens is 4. The quantitative estimate of drug-likeness (QED) is 0.847. The first-order valence-electron chi connectivity index (χ1n) is 5.79. The van der Waals surface area contributed by atoms with Gasteiger partial charge in [0.05, 0.1) is 6.04 Å². The van der Waals surface area contributed by atoms with E-state index in [0.717, 1.165) is 29.6 Å². The van der Waals surface area contributed by atoms with Crippen LogP contribution in [0.3, 0.4) is 0 Å². The van der Waals surface area contributed by atoms with Crippen molar-refractivity contribution in [3.8, 4) is 0 Å². The van der Waals surface area contributed by atoms with E-state index in [2.05, 4.69) is 32.2 Å². The van der Waals surface area contributed by atoms with E-state index in [0.29, 0.717) is 0 Å². The van der Waals surface area contributed by atoms with Gasteiger partial charge in [0.25, 0.3) is 0 Å². The summed E-state index contributed by atoms with van der Waals surface area (Å²) in [6.07, 6.45) is 4.47. The molecule has 0 aliphatic carbocycles. The maximum atomic E-state index is 4.37. The fourth-order valence-corrected chi connectivity index (χ4v) is 1.69. The summed E-state index contributed by atoms with van der Waals surface area (Å²) in [5.74, 6) is 2.54. The molecule has 90 valence electrons. The molecule has 0 aliphatic heterocycles. The number of hydrogen-bond acceptors (Lipinski definition) is 4. The predicted octanol–water partition coefficient (Wildman–Crippen LogP) is 2.24. The molecule has 2 heterocycles. The van der Waals surface area contributed by atoms with E-state index < -0.39 is 0 Å². The van der Waals surface area contributed by atoms with Gasteiger partial charge in [0.1, 0.15) is 17.5 Å². The van der Waals surface area contributed by atoms with Crippen LogP contribution in [0.15, 0.2) is 18.5 Å². The van der Waals surface area contributed by atoms with E-state index in [1.807, 2.05) is 26.1 Å². The van der Waals surface area contributed by atoms with Gasteiger partial charge in [0.2, 0.25) is 0 Å². The molecule has 0 aliphatic rings. The summed E-state index contributed by atoms with van der Waals surface area (Å²) in [6, 6.07) is 2.08. The smallest absolute Gasteiger partial charge is 0.130 e. The molecule has 1 unspecified atom stereocenters. The molecule has 2 N–H and O–H groups in total. The Bertz CT molecular complexity index is 478. The summed E-state index contributed by atoms with van der Waals surface area (Å²) in [5.41, 5.74) is 1.05. The molecule has 2 aromatic rings. The number of aromatic amines is 1. The third kappa shape index (κ3) is 2.81. The van der Waals surface area contributed by atoms with Crippen molar-refractivity contribution >= 4 is 5.82 Å². The van der Waals surface area contributed by atoms with Crippen LogP contribution >= 0.6 is 0 Å². The highest BCUT2D eigenvalue weighted by Gasteiger charge is 2.09. The molecule has 0 saturated carbocycles. The summed E-state index contributed by atoms with van der Waals surface area (Å²) in [7, 11) is 0. The number of aryl methyl sites for hydroxylation is 2. The van der Waals surface area contributed by atoms with Crippen LogP contribution in [0.1, 0.15) is 37.2 Å². The first kappa shape index (κ1) is 11.6. The zero-order valence-corrected chi connectivity index (χ0v) is 10.4. The summed E-state index contributed by atoms with van der Waals surface area (Å²) in [4.78, 5) is 16.0. The van der Waals surface area contributed by atoms with Gasteiger partial charge in [-0.3, -0.25) is 0 Å². The molecule has 5 heteroatoms. The summed E-state index contributed by atoms with van der Waals surface area (Å²) < 4.78 is 0. The Hall–Kier alpha value is -1.91. The number of anilines is 1. The third-order valence-corrected chi connectivity index (χ3v) is 2.55. The van der Waals surface area contributed by atoms with E-state index in [1.54, 1.807) is 6.20 Å². The van der Waals surface area contributed by atoms with Crippen molar-refractivity contribution in [3.63, 3.8) is 0 Å². The lowest BCUT2D eigenvalue weighted by Gasteiger charge is -2.13. The van der Waals surface area contributed by atoms with E-state index in [4.69, 9.17) is 0 Å². The number of rotatable bonds is 4. The second-order valence-corrected chi connectivity index (χ2v) is 3.99. The van der Waals surface area contributed by atoms with Crippen LogP contribution in [-0.4, -0.2) is 19.9 Å². The number of H-pyrrole nitrogens is 1. The normalized spacial score (nSPS) is 12.4. The molecule has 2 rings (SSSR count). The maximum absolute atomic E-state index is 4.37. The van der Waals surface area contributed by atoms with Crippen LogP contribution in [0.4, 0.5) is 5.82 Å². The van der Waals surface area contributed by atoms with Crippen molar-refractivity contribution in [1.29, 1.82) is 0 Å². The van der Waals surface area contributed by atoms with Gasteiger partial charge < -0.3 is 10.3 Å². The highest BCUT2D eigenvalue weighted by molar-refractivity contribution is 5.37. The van der Waals surface area contributed by atoms with E-state index in [1.165, 1.54) is 0 Å². The monoisotopic (exact) mass is 231 g/mol. The zero-order chi connectivity index (χ0) is 12.3. The molecule has 5 nitrogen and oxygen atoms in total. The molecular formula is C12H17N5. The Labute approximate surface area is 101 Å². The van der Waals surface area contributed by atoms with Crippen LogP contribution in [0.2, 0.25) is 0 Å². The molecule has 17 heavy (non-hydrogen) atoms. The van der Waals surface area contributed by atoms with Gasteiger partial charge in [-0.05, 0) is 20.3 Å². The number of nitrogens with one attached hydrogen (secondary N) is 2. The van der Waals surface area contributed by atoms with Crippen molar-refractivity contribution < 1.29 is 0 Å². The summed E-state index contributed by atoms with van der Waals surface area (Å²) in [5, 5.41) is 3.31. The first-order chi connectivity index (χ1) is 8.19. The van der Waals surface area contributed by atoms with Gasteiger partial charge in [0.15, 0.2) is 0 Å². The molecule has 0 saturated heterocycles. The van der Waals surface area contributed by atoms with Gasteiger partial charge in [0, 0.05) is 24.2 Å². The largest absolute Gasteiger partial charge is 0.360 e. The number of hydrogen-bond donors (Lipinski definition) is 2. The van der Waals surface area contributed by atoms with Crippen molar-refractivity contribution in [1.82, 2.24) is 19.9 Å². The molecular weight excluding hydrogens is 214 g/mol. The lowest BCUT2D eigenvalue weighted by atomic mass is 10.3. The molecule has 0 spiro atoms. The van der Waals surface area contributed by atoms with Crippen molar-refractivity contribution in [2.45, 2.75) is 33.2 Å². The van der Waals surface area contributed by atoms with Gasteiger partial charge in [-0.15, -0.1) is 0 Å². The Morgan fingerprint density at radius 3 is 2.88 bits per heavy atom. The molecule has 1 atom stereocenters. The Kier molecular flexibility index (Phi) is 3.37. The minimum atomic E-state index is 0.101. The Balaban J connectivity index is 2.15. The van der Waals surface area contributed by atoms with E-state index in [9.17, 15) is 0 Å².